The largest absolute Gasteiger partial charge is 0.484 e. The third-order valence-electron chi connectivity index (χ3n) is 4.37. The Bertz CT molecular complexity index is 724. The molecule has 132 valence electrons. The predicted octanol–water partition coefficient (Wildman–Crippen LogP) is 3.22. The second kappa shape index (κ2) is 8.07. The molecule has 0 radical (unpaired) electrons. The van der Waals surface area contributed by atoms with Gasteiger partial charge in [0.05, 0.1) is 11.7 Å². The minimum Gasteiger partial charge on any atom is -0.484 e. The molecule has 0 bridgehead atoms. The van der Waals surface area contributed by atoms with Crippen LogP contribution in [0.5, 0.6) is 5.75 Å². The van der Waals surface area contributed by atoms with Gasteiger partial charge in [-0.15, -0.1) is 0 Å². The van der Waals surface area contributed by atoms with E-state index < -0.39 is 5.82 Å². The fourth-order valence-electron chi connectivity index (χ4n) is 2.96. The highest BCUT2D eigenvalue weighted by Gasteiger charge is 2.25. The molecule has 3 rings (SSSR count). The van der Waals surface area contributed by atoms with Gasteiger partial charge in [0.2, 0.25) is 5.91 Å². The molecule has 2 aromatic rings. The van der Waals surface area contributed by atoms with Crippen LogP contribution < -0.4 is 10.1 Å². The number of pyridine rings is 1. The molecule has 2 heterocycles. The number of hydrogen-bond donors (Lipinski definition) is 1. The number of ether oxygens (including phenoxy) is 1. The van der Waals surface area contributed by atoms with Gasteiger partial charge in [0, 0.05) is 18.0 Å². The van der Waals surface area contributed by atoms with Crippen molar-refractivity contribution in [2.45, 2.75) is 31.9 Å². The summed E-state index contributed by atoms with van der Waals surface area (Å²) < 4.78 is 19.7. The SMILES string of the molecule is CN1CCCC[C@H]1C(=O)Nc1ccc(OCc2ccccn2)c(F)c1. The summed E-state index contributed by atoms with van der Waals surface area (Å²) in [5.41, 5.74) is 1.16. The van der Waals surface area contributed by atoms with Gasteiger partial charge in [0.1, 0.15) is 6.61 Å². The van der Waals surface area contributed by atoms with E-state index in [2.05, 4.69) is 10.3 Å². The molecule has 1 atom stereocenters. The molecule has 1 N–H and O–H groups in total. The van der Waals surface area contributed by atoms with E-state index in [9.17, 15) is 9.18 Å². The Balaban J connectivity index is 1.60. The predicted molar refractivity (Wildman–Crippen MR) is 93.9 cm³/mol. The monoisotopic (exact) mass is 343 g/mol. The zero-order valence-electron chi connectivity index (χ0n) is 14.2. The van der Waals surface area contributed by atoms with Gasteiger partial charge in [0.25, 0.3) is 0 Å². The summed E-state index contributed by atoms with van der Waals surface area (Å²) in [6.07, 6.45) is 4.64. The molecule has 1 aromatic carbocycles. The average molecular weight is 343 g/mol. The molecule has 0 saturated carbocycles. The Morgan fingerprint density at radius 2 is 2.24 bits per heavy atom. The Morgan fingerprint density at radius 3 is 2.96 bits per heavy atom. The van der Waals surface area contributed by atoms with Gasteiger partial charge in [-0.2, -0.15) is 0 Å². The topological polar surface area (TPSA) is 54.5 Å². The fraction of sp³-hybridized carbons (Fsp3) is 0.368. The third kappa shape index (κ3) is 4.54. The number of carbonyl (C=O) groups excluding carboxylic acids is 1. The molecule has 1 aliphatic heterocycles. The maximum Gasteiger partial charge on any atom is 0.241 e. The first kappa shape index (κ1) is 17.4. The first-order valence-corrected chi connectivity index (χ1v) is 8.47. The lowest BCUT2D eigenvalue weighted by Gasteiger charge is -2.31. The Labute approximate surface area is 146 Å². The van der Waals surface area contributed by atoms with Crippen molar-refractivity contribution in [2.75, 3.05) is 18.9 Å². The quantitative estimate of drug-likeness (QED) is 0.906. The van der Waals surface area contributed by atoms with Crippen molar-refractivity contribution in [3.63, 3.8) is 0 Å². The second-order valence-electron chi connectivity index (χ2n) is 6.24. The van der Waals surface area contributed by atoms with Gasteiger partial charge < -0.3 is 10.1 Å². The Kier molecular flexibility index (Phi) is 5.60. The molecule has 0 unspecified atom stereocenters. The van der Waals surface area contributed by atoms with Gasteiger partial charge in [0.15, 0.2) is 11.6 Å². The van der Waals surface area contributed by atoms with Crippen LogP contribution >= 0.6 is 0 Å². The molecule has 1 fully saturated rings. The number of anilines is 1. The molecular formula is C19H22FN3O2. The summed E-state index contributed by atoms with van der Waals surface area (Å²) in [7, 11) is 1.94. The van der Waals surface area contributed by atoms with E-state index in [1.54, 1.807) is 12.3 Å². The van der Waals surface area contributed by atoms with Crippen LogP contribution in [0, 0.1) is 5.82 Å². The summed E-state index contributed by atoms with van der Waals surface area (Å²) in [5.74, 6) is -0.465. The molecule has 1 amide bonds. The number of nitrogens with one attached hydrogen (secondary N) is 1. The van der Waals surface area contributed by atoms with E-state index in [0.29, 0.717) is 5.69 Å². The third-order valence-corrected chi connectivity index (χ3v) is 4.37. The number of likely N-dealkylation sites (N-methyl/N-ethyl adjacent to an activating group) is 1. The van der Waals surface area contributed by atoms with Crippen molar-refractivity contribution in [3.8, 4) is 5.75 Å². The Morgan fingerprint density at radius 1 is 1.36 bits per heavy atom. The highest BCUT2D eigenvalue weighted by molar-refractivity contribution is 5.94. The number of benzene rings is 1. The molecule has 1 aromatic heterocycles. The lowest BCUT2D eigenvalue weighted by Crippen LogP contribution is -2.44. The van der Waals surface area contributed by atoms with Gasteiger partial charge >= 0.3 is 0 Å². The van der Waals surface area contributed by atoms with Crippen molar-refractivity contribution in [2.24, 2.45) is 0 Å². The van der Waals surface area contributed by atoms with Crippen LogP contribution in [0.1, 0.15) is 25.0 Å². The van der Waals surface area contributed by atoms with Crippen molar-refractivity contribution in [3.05, 3.63) is 54.1 Å². The summed E-state index contributed by atoms with van der Waals surface area (Å²) >= 11 is 0. The number of amides is 1. The number of piperidine rings is 1. The van der Waals surface area contributed by atoms with Crippen LogP contribution in [-0.4, -0.2) is 35.4 Å². The van der Waals surface area contributed by atoms with Crippen molar-refractivity contribution in [1.82, 2.24) is 9.88 Å². The maximum atomic E-state index is 14.2. The number of halogens is 1. The smallest absolute Gasteiger partial charge is 0.241 e. The first-order valence-electron chi connectivity index (χ1n) is 8.47. The van der Waals surface area contributed by atoms with E-state index in [1.807, 2.05) is 30.1 Å². The normalized spacial score (nSPS) is 17.9. The van der Waals surface area contributed by atoms with E-state index in [4.69, 9.17) is 4.74 Å². The zero-order chi connectivity index (χ0) is 17.6. The molecular weight excluding hydrogens is 321 g/mol. The van der Waals surface area contributed by atoms with Gasteiger partial charge in [-0.05, 0) is 50.7 Å². The van der Waals surface area contributed by atoms with Crippen LogP contribution in [0.2, 0.25) is 0 Å². The highest BCUT2D eigenvalue weighted by Crippen LogP contribution is 2.23. The average Bonchev–Trinajstić information content (AvgIpc) is 2.62. The number of carbonyl (C=O) groups is 1. The number of likely N-dealkylation sites (tertiary alicyclic amines) is 1. The lowest BCUT2D eigenvalue weighted by molar-refractivity contribution is -0.121. The molecule has 0 aliphatic carbocycles. The van der Waals surface area contributed by atoms with Gasteiger partial charge in [-0.1, -0.05) is 12.5 Å². The Hall–Kier alpha value is -2.47. The minimum atomic E-state index is -0.509. The maximum absolute atomic E-state index is 14.2. The summed E-state index contributed by atoms with van der Waals surface area (Å²) in [4.78, 5) is 18.5. The van der Waals surface area contributed by atoms with E-state index >= 15 is 0 Å². The van der Waals surface area contributed by atoms with Crippen LogP contribution in [-0.2, 0) is 11.4 Å². The summed E-state index contributed by atoms with van der Waals surface area (Å²) in [6.45, 7) is 1.10. The molecule has 0 spiro atoms. The molecule has 5 nitrogen and oxygen atoms in total. The van der Waals surface area contributed by atoms with Crippen LogP contribution in [0.25, 0.3) is 0 Å². The standard InChI is InChI=1S/C19H22FN3O2/c1-23-11-5-3-7-17(23)19(24)22-14-8-9-18(16(20)12-14)25-13-15-6-2-4-10-21-15/h2,4,6,8-10,12,17H,3,5,7,11,13H2,1H3,(H,22,24)/t17-/m0/s1. The zero-order valence-corrected chi connectivity index (χ0v) is 14.2. The number of aromatic nitrogens is 1. The number of nitrogens with zero attached hydrogens (tertiary/aromatic N) is 2. The van der Waals surface area contributed by atoms with Gasteiger partial charge in [-0.25, -0.2) is 4.39 Å². The fourth-order valence-corrected chi connectivity index (χ4v) is 2.96. The molecule has 1 saturated heterocycles. The molecule has 1 aliphatic rings. The first-order chi connectivity index (χ1) is 12.1. The molecule has 6 heteroatoms. The highest BCUT2D eigenvalue weighted by atomic mass is 19.1. The van der Waals surface area contributed by atoms with Crippen molar-refractivity contribution >= 4 is 11.6 Å². The van der Waals surface area contributed by atoms with Gasteiger partial charge in [-0.3, -0.25) is 14.7 Å². The van der Waals surface area contributed by atoms with Crippen LogP contribution in [0.15, 0.2) is 42.6 Å². The minimum absolute atomic E-state index is 0.0937. The van der Waals surface area contributed by atoms with Crippen LogP contribution in [0.3, 0.4) is 0 Å². The second-order valence-corrected chi connectivity index (χ2v) is 6.24. The molecule has 25 heavy (non-hydrogen) atoms. The van der Waals surface area contributed by atoms with E-state index in [-0.39, 0.29) is 24.3 Å². The van der Waals surface area contributed by atoms with Crippen molar-refractivity contribution < 1.29 is 13.9 Å². The van der Waals surface area contributed by atoms with E-state index in [0.717, 1.165) is 31.5 Å². The number of rotatable bonds is 5. The summed E-state index contributed by atoms with van der Waals surface area (Å²) in [5, 5.41) is 2.80. The summed E-state index contributed by atoms with van der Waals surface area (Å²) in [6, 6.07) is 9.78. The van der Waals surface area contributed by atoms with Crippen LogP contribution in [0.4, 0.5) is 10.1 Å². The van der Waals surface area contributed by atoms with Crippen molar-refractivity contribution in [1.29, 1.82) is 0 Å². The number of hydrogen-bond acceptors (Lipinski definition) is 4. The van der Waals surface area contributed by atoms with E-state index in [1.165, 1.54) is 12.1 Å². The lowest BCUT2D eigenvalue weighted by atomic mass is 10.0.